The van der Waals surface area contributed by atoms with Crippen LogP contribution in [-0.2, 0) is 11.3 Å². The number of nitrogens with one attached hydrogen (secondary N) is 2. The van der Waals surface area contributed by atoms with E-state index in [0.717, 1.165) is 5.56 Å². The van der Waals surface area contributed by atoms with E-state index in [9.17, 15) is 14.4 Å². The molecule has 0 saturated carbocycles. The minimum absolute atomic E-state index is 0.146. The van der Waals surface area contributed by atoms with E-state index in [-0.39, 0.29) is 23.9 Å². The minimum atomic E-state index is -0.353. The number of carbonyl (C=O) groups is 2. The molecule has 0 radical (unpaired) electrons. The predicted molar refractivity (Wildman–Crippen MR) is 99.2 cm³/mol. The first-order valence-corrected chi connectivity index (χ1v) is 8.06. The Morgan fingerprint density at radius 1 is 1.12 bits per heavy atom. The van der Waals surface area contributed by atoms with E-state index in [1.807, 2.05) is 13.0 Å². The maximum Gasteiger partial charge on any atom is 0.261 e. The number of anilines is 1. The highest BCUT2D eigenvalue weighted by Gasteiger charge is 2.10. The van der Waals surface area contributed by atoms with Crippen molar-refractivity contribution in [1.29, 1.82) is 0 Å². The Morgan fingerprint density at radius 3 is 2.54 bits per heavy atom. The molecule has 2 amide bonds. The van der Waals surface area contributed by atoms with Crippen molar-refractivity contribution in [3.63, 3.8) is 0 Å². The SMILES string of the molecule is CNC(=O)c1ccc(NC(=O)Cn2cnc3c(C)cccc3c2=O)cc1. The average molecular weight is 350 g/mol. The van der Waals surface area contributed by atoms with Gasteiger partial charge in [-0.25, -0.2) is 4.98 Å². The molecule has 26 heavy (non-hydrogen) atoms. The number of hydrogen-bond acceptors (Lipinski definition) is 4. The molecule has 0 aliphatic heterocycles. The minimum Gasteiger partial charge on any atom is -0.355 e. The highest BCUT2D eigenvalue weighted by molar-refractivity contribution is 5.95. The van der Waals surface area contributed by atoms with Gasteiger partial charge >= 0.3 is 0 Å². The Bertz CT molecular complexity index is 1040. The Kier molecular flexibility index (Phi) is 4.79. The molecular weight excluding hydrogens is 332 g/mol. The van der Waals surface area contributed by atoms with Crippen molar-refractivity contribution >= 4 is 28.4 Å². The predicted octanol–water partition coefficient (Wildman–Crippen LogP) is 1.70. The van der Waals surface area contributed by atoms with Crippen LogP contribution in [0.5, 0.6) is 0 Å². The molecule has 7 nitrogen and oxygen atoms in total. The normalized spacial score (nSPS) is 10.5. The second kappa shape index (κ2) is 7.18. The van der Waals surface area contributed by atoms with Crippen molar-refractivity contribution in [3.05, 3.63) is 70.3 Å². The van der Waals surface area contributed by atoms with E-state index < -0.39 is 0 Å². The van der Waals surface area contributed by atoms with Crippen molar-refractivity contribution in [2.45, 2.75) is 13.5 Å². The van der Waals surface area contributed by atoms with E-state index in [2.05, 4.69) is 15.6 Å². The van der Waals surface area contributed by atoms with E-state index >= 15 is 0 Å². The summed E-state index contributed by atoms with van der Waals surface area (Å²) in [7, 11) is 1.55. The monoisotopic (exact) mass is 350 g/mol. The molecule has 0 saturated heterocycles. The summed E-state index contributed by atoms with van der Waals surface area (Å²) in [5, 5.41) is 5.71. The van der Waals surface area contributed by atoms with Crippen LogP contribution in [0.4, 0.5) is 5.69 Å². The highest BCUT2D eigenvalue weighted by atomic mass is 16.2. The van der Waals surface area contributed by atoms with Gasteiger partial charge in [-0.05, 0) is 42.8 Å². The lowest BCUT2D eigenvalue weighted by molar-refractivity contribution is -0.116. The third-order valence-electron chi connectivity index (χ3n) is 4.03. The van der Waals surface area contributed by atoms with E-state index in [4.69, 9.17) is 0 Å². The standard InChI is InChI=1S/C19H18N4O3/c1-12-4-3-5-15-17(12)21-11-23(19(15)26)10-16(24)22-14-8-6-13(7-9-14)18(25)20-2/h3-9,11H,10H2,1-2H3,(H,20,25)(H,22,24). The molecule has 7 heteroatoms. The molecule has 0 aliphatic carbocycles. The maximum atomic E-state index is 12.5. The largest absolute Gasteiger partial charge is 0.355 e. The van der Waals surface area contributed by atoms with E-state index in [1.54, 1.807) is 43.4 Å². The van der Waals surface area contributed by atoms with Gasteiger partial charge in [0.05, 0.1) is 17.2 Å². The number of hydrogen-bond donors (Lipinski definition) is 2. The molecule has 1 aromatic heterocycles. The van der Waals surface area contributed by atoms with Gasteiger partial charge in [-0.1, -0.05) is 12.1 Å². The Labute approximate surface area is 149 Å². The van der Waals surface area contributed by atoms with Crippen molar-refractivity contribution in [2.24, 2.45) is 0 Å². The molecule has 132 valence electrons. The molecule has 3 aromatic rings. The summed E-state index contributed by atoms with van der Waals surface area (Å²) in [5.74, 6) is -0.555. The topological polar surface area (TPSA) is 93.1 Å². The van der Waals surface area contributed by atoms with Crippen LogP contribution in [0.2, 0.25) is 0 Å². The van der Waals surface area contributed by atoms with Crippen LogP contribution in [0, 0.1) is 6.92 Å². The molecule has 3 rings (SSSR count). The summed E-state index contributed by atoms with van der Waals surface area (Å²) in [6, 6.07) is 11.9. The fraction of sp³-hybridized carbons (Fsp3) is 0.158. The number of carbonyl (C=O) groups excluding carboxylic acids is 2. The van der Waals surface area contributed by atoms with Gasteiger partial charge in [0.15, 0.2) is 0 Å². The van der Waals surface area contributed by atoms with Crippen LogP contribution in [0.3, 0.4) is 0 Å². The number of para-hydroxylation sites is 1. The number of nitrogens with zero attached hydrogens (tertiary/aromatic N) is 2. The van der Waals surface area contributed by atoms with Gasteiger partial charge in [0, 0.05) is 18.3 Å². The van der Waals surface area contributed by atoms with Crippen LogP contribution >= 0.6 is 0 Å². The molecule has 0 fully saturated rings. The van der Waals surface area contributed by atoms with Crippen molar-refractivity contribution in [3.8, 4) is 0 Å². The molecule has 0 bridgehead atoms. The fourth-order valence-electron chi connectivity index (χ4n) is 2.65. The maximum absolute atomic E-state index is 12.5. The Morgan fingerprint density at radius 2 is 1.85 bits per heavy atom. The molecule has 0 atom stereocenters. The summed E-state index contributed by atoms with van der Waals surface area (Å²) in [6.07, 6.45) is 1.38. The molecular formula is C19H18N4O3. The van der Waals surface area contributed by atoms with Gasteiger partial charge in [-0.2, -0.15) is 0 Å². The fourth-order valence-corrected chi connectivity index (χ4v) is 2.65. The molecule has 2 aromatic carbocycles. The molecule has 0 spiro atoms. The van der Waals surface area contributed by atoms with Gasteiger partial charge in [0.1, 0.15) is 6.54 Å². The smallest absolute Gasteiger partial charge is 0.261 e. The van der Waals surface area contributed by atoms with Gasteiger partial charge in [0.25, 0.3) is 11.5 Å². The van der Waals surface area contributed by atoms with E-state index in [0.29, 0.717) is 22.2 Å². The lowest BCUT2D eigenvalue weighted by atomic mass is 10.1. The Hall–Kier alpha value is -3.48. The first kappa shape index (κ1) is 17.3. The van der Waals surface area contributed by atoms with Crippen LogP contribution < -0.4 is 16.2 Å². The second-order valence-electron chi connectivity index (χ2n) is 5.85. The van der Waals surface area contributed by atoms with Crippen molar-refractivity contribution in [2.75, 3.05) is 12.4 Å². The number of fused-ring (bicyclic) bond motifs is 1. The van der Waals surface area contributed by atoms with Crippen LogP contribution in [-0.4, -0.2) is 28.4 Å². The Balaban J connectivity index is 1.76. The summed E-state index contributed by atoms with van der Waals surface area (Å²) < 4.78 is 1.27. The first-order chi connectivity index (χ1) is 12.5. The lowest BCUT2D eigenvalue weighted by Gasteiger charge is -2.09. The van der Waals surface area contributed by atoms with Gasteiger partial charge in [-0.15, -0.1) is 0 Å². The summed E-state index contributed by atoms with van der Waals surface area (Å²) in [5.41, 5.74) is 2.33. The number of amides is 2. The van der Waals surface area contributed by atoms with Crippen molar-refractivity contribution in [1.82, 2.24) is 14.9 Å². The lowest BCUT2D eigenvalue weighted by Crippen LogP contribution is -2.28. The first-order valence-electron chi connectivity index (χ1n) is 8.06. The number of rotatable bonds is 4. The summed E-state index contributed by atoms with van der Waals surface area (Å²) in [6.45, 7) is 1.74. The quantitative estimate of drug-likeness (QED) is 0.749. The number of aromatic nitrogens is 2. The third kappa shape index (κ3) is 3.46. The second-order valence-corrected chi connectivity index (χ2v) is 5.85. The van der Waals surface area contributed by atoms with Crippen molar-refractivity contribution < 1.29 is 9.59 Å². The molecule has 0 aliphatic rings. The summed E-state index contributed by atoms with van der Waals surface area (Å²) in [4.78, 5) is 40.5. The van der Waals surface area contributed by atoms with Gasteiger partial charge in [0.2, 0.25) is 5.91 Å². The third-order valence-corrected chi connectivity index (χ3v) is 4.03. The zero-order valence-electron chi connectivity index (χ0n) is 14.4. The highest BCUT2D eigenvalue weighted by Crippen LogP contribution is 2.12. The van der Waals surface area contributed by atoms with Crippen LogP contribution in [0.15, 0.2) is 53.6 Å². The van der Waals surface area contributed by atoms with Crippen LogP contribution in [0.25, 0.3) is 10.9 Å². The molecule has 1 heterocycles. The van der Waals surface area contributed by atoms with Crippen LogP contribution in [0.1, 0.15) is 15.9 Å². The molecule has 0 unspecified atom stereocenters. The average Bonchev–Trinajstić information content (AvgIpc) is 2.64. The number of aryl methyl sites for hydroxylation is 1. The molecule has 2 N–H and O–H groups in total. The van der Waals surface area contributed by atoms with Gasteiger partial charge in [-0.3, -0.25) is 19.0 Å². The number of benzene rings is 2. The van der Waals surface area contributed by atoms with E-state index in [1.165, 1.54) is 10.9 Å². The summed E-state index contributed by atoms with van der Waals surface area (Å²) >= 11 is 0. The zero-order chi connectivity index (χ0) is 18.7. The van der Waals surface area contributed by atoms with Gasteiger partial charge < -0.3 is 10.6 Å². The zero-order valence-corrected chi connectivity index (χ0v) is 14.4.